The van der Waals surface area contributed by atoms with Crippen LogP contribution < -0.4 is 0 Å². The number of nitriles is 1. The summed E-state index contributed by atoms with van der Waals surface area (Å²) >= 11 is 5.96. The van der Waals surface area contributed by atoms with Crippen molar-refractivity contribution in [2.75, 3.05) is 13.1 Å². The number of amides is 1. The fourth-order valence-electron chi connectivity index (χ4n) is 3.00. The molecule has 1 aliphatic heterocycles. The number of aromatic amines is 1. The van der Waals surface area contributed by atoms with E-state index in [2.05, 4.69) is 16.0 Å². The van der Waals surface area contributed by atoms with E-state index in [0.29, 0.717) is 23.7 Å². The number of hydrogen-bond acceptors (Lipinski definition) is 4. The minimum Gasteiger partial charge on any atom is -0.444 e. The highest BCUT2D eigenvalue weighted by atomic mass is 35.5. The first-order valence-electron chi connectivity index (χ1n) is 8.49. The van der Waals surface area contributed by atoms with Crippen LogP contribution in [0.2, 0.25) is 5.02 Å². The van der Waals surface area contributed by atoms with Crippen molar-refractivity contribution >= 4 is 17.7 Å². The zero-order chi connectivity index (χ0) is 18.9. The number of likely N-dealkylation sites (tertiary alicyclic amines) is 1. The molecule has 0 saturated carbocycles. The third-order valence-electron chi connectivity index (χ3n) is 4.21. The van der Waals surface area contributed by atoms with E-state index in [4.69, 9.17) is 16.3 Å². The molecule has 0 radical (unpaired) electrons. The van der Waals surface area contributed by atoms with Gasteiger partial charge < -0.3 is 14.6 Å². The van der Waals surface area contributed by atoms with E-state index in [0.717, 1.165) is 23.5 Å². The Morgan fingerprint density at radius 1 is 1.46 bits per heavy atom. The molecule has 1 aromatic carbocycles. The Hall–Kier alpha value is -2.52. The largest absolute Gasteiger partial charge is 0.444 e. The van der Waals surface area contributed by atoms with Gasteiger partial charge in [-0.2, -0.15) is 5.26 Å². The van der Waals surface area contributed by atoms with Gasteiger partial charge in [0, 0.05) is 29.6 Å². The predicted molar refractivity (Wildman–Crippen MR) is 98.9 cm³/mol. The standard InChI is InChI=1S/C19H21ClN4O2/c1-19(2,3)26-18(25)24-7-6-12(11-24)17-22-10-16(23-17)15-5-4-14(20)8-13(15)9-21/h4-5,8,10,12H,6-7,11H2,1-3H3,(H,22,23). The molecule has 1 saturated heterocycles. The number of hydrogen-bond donors (Lipinski definition) is 1. The zero-order valence-corrected chi connectivity index (χ0v) is 15.8. The monoisotopic (exact) mass is 372 g/mol. The van der Waals surface area contributed by atoms with Crippen LogP contribution in [0.1, 0.15) is 44.5 Å². The van der Waals surface area contributed by atoms with Crippen LogP contribution in [0.15, 0.2) is 24.4 Å². The van der Waals surface area contributed by atoms with Gasteiger partial charge in [0.2, 0.25) is 0 Å². The fraction of sp³-hybridized carbons (Fsp3) is 0.421. The Morgan fingerprint density at radius 3 is 2.92 bits per heavy atom. The molecule has 0 aliphatic carbocycles. The number of H-pyrrole nitrogens is 1. The van der Waals surface area contributed by atoms with Gasteiger partial charge in [0.25, 0.3) is 0 Å². The summed E-state index contributed by atoms with van der Waals surface area (Å²) in [5.41, 5.74) is 1.52. The van der Waals surface area contributed by atoms with Gasteiger partial charge in [-0.1, -0.05) is 17.7 Å². The molecule has 1 aromatic heterocycles. The molecule has 6 nitrogen and oxygen atoms in total. The van der Waals surface area contributed by atoms with E-state index in [1.807, 2.05) is 20.8 Å². The summed E-state index contributed by atoms with van der Waals surface area (Å²) in [6.45, 7) is 6.77. The highest BCUT2D eigenvalue weighted by Gasteiger charge is 2.32. The SMILES string of the molecule is CC(C)(C)OC(=O)N1CCC(c2ncc(-c3ccc(Cl)cc3C#N)[nH]2)C1. The third-order valence-corrected chi connectivity index (χ3v) is 4.45. The number of imidazole rings is 1. The van der Waals surface area contributed by atoms with Crippen LogP contribution >= 0.6 is 11.6 Å². The summed E-state index contributed by atoms with van der Waals surface area (Å²) in [5.74, 6) is 0.930. The van der Waals surface area contributed by atoms with Crippen LogP contribution in [0.4, 0.5) is 4.79 Å². The number of benzene rings is 1. The van der Waals surface area contributed by atoms with Gasteiger partial charge in [-0.25, -0.2) is 9.78 Å². The zero-order valence-electron chi connectivity index (χ0n) is 15.0. The van der Waals surface area contributed by atoms with Crippen LogP contribution in [0.25, 0.3) is 11.3 Å². The highest BCUT2D eigenvalue weighted by molar-refractivity contribution is 6.30. The summed E-state index contributed by atoms with van der Waals surface area (Å²) < 4.78 is 5.43. The second-order valence-corrected chi connectivity index (χ2v) is 7.83. The molecule has 26 heavy (non-hydrogen) atoms. The van der Waals surface area contributed by atoms with Crippen molar-refractivity contribution in [3.05, 3.63) is 40.8 Å². The summed E-state index contributed by atoms with van der Waals surface area (Å²) in [5, 5.41) is 9.83. The van der Waals surface area contributed by atoms with E-state index < -0.39 is 5.60 Å². The number of ether oxygens (including phenoxy) is 1. The minimum atomic E-state index is -0.505. The van der Waals surface area contributed by atoms with Crippen molar-refractivity contribution in [2.45, 2.75) is 38.7 Å². The molecule has 1 aliphatic rings. The topological polar surface area (TPSA) is 82.0 Å². The van der Waals surface area contributed by atoms with E-state index in [1.54, 1.807) is 29.3 Å². The van der Waals surface area contributed by atoms with E-state index in [1.165, 1.54) is 0 Å². The molecule has 3 rings (SSSR count). The normalized spacial score (nSPS) is 17.2. The molecule has 1 fully saturated rings. The molecule has 0 bridgehead atoms. The number of nitrogens with zero attached hydrogens (tertiary/aromatic N) is 3. The smallest absolute Gasteiger partial charge is 0.410 e. The number of carbonyl (C=O) groups excluding carboxylic acids is 1. The van der Waals surface area contributed by atoms with Gasteiger partial charge in [0.05, 0.1) is 23.5 Å². The van der Waals surface area contributed by atoms with E-state index in [9.17, 15) is 10.1 Å². The van der Waals surface area contributed by atoms with Crippen molar-refractivity contribution in [3.63, 3.8) is 0 Å². The van der Waals surface area contributed by atoms with Crippen LogP contribution in [-0.4, -0.2) is 39.7 Å². The molecule has 1 unspecified atom stereocenters. The summed E-state index contributed by atoms with van der Waals surface area (Å²) in [7, 11) is 0. The van der Waals surface area contributed by atoms with Crippen molar-refractivity contribution in [1.29, 1.82) is 5.26 Å². The van der Waals surface area contributed by atoms with Crippen molar-refractivity contribution in [3.8, 4) is 17.3 Å². The Kier molecular flexibility index (Phi) is 4.92. The lowest BCUT2D eigenvalue weighted by Crippen LogP contribution is -2.35. The van der Waals surface area contributed by atoms with E-state index in [-0.39, 0.29) is 12.0 Å². The summed E-state index contributed by atoms with van der Waals surface area (Å²) in [6, 6.07) is 7.35. The summed E-state index contributed by atoms with van der Waals surface area (Å²) in [4.78, 5) is 21.7. The Bertz CT molecular complexity index is 863. The molecular weight excluding hydrogens is 352 g/mol. The minimum absolute atomic E-state index is 0.120. The molecule has 136 valence electrons. The highest BCUT2D eigenvalue weighted by Crippen LogP contribution is 2.30. The van der Waals surface area contributed by atoms with Gasteiger partial charge in [0.1, 0.15) is 11.4 Å². The van der Waals surface area contributed by atoms with Gasteiger partial charge in [-0.05, 0) is 39.3 Å². The molecule has 1 N–H and O–H groups in total. The second-order valence-electron chi connectivity index (χ2n) is 7.40. The molecule has 1 amide bonds. The molecular formula is C19H21ClN4O2. The first kappa shape index (κ1) is 18.3. The quantitative estimate of drug-likeness (QED) is 0.850. The van der Waals surface area contributed by atoms with E-state index >= 15 is 0 Å². The summed E-state index contributed by atoms with van der Waals surface area (Å²) in [6.07, 6.45) is 2.24. The maximum atomic E-state index is 12.2. The van der Waals surface area contributed by atoms with Crippen molar-refractivity contribution in [1.82, 2.24) is 14.9 Å². The number of carbonyl (C=O) groups is 1. The van der Waals surface area contributed by atoms with Crippen LogP contribution in [0.5, 0.6) is 0 Å². The lowest BCUT2D eigenvalue weighted by Gasteiger charge is -2.24. The maximum Gasteiger partial charge on any atom is 0.410 e. The number of halogens is 1. The average molecular weight is 373 g/mol. The van der Waals surface area contributed by atoms with Gasteiger partial charge in [-0.15, -0.1) is 0 Å². The van der Waals surface area contributed by atoms with Gasteiger partial charge in [0.15, 0.2) is 0 Å². The molecule has 0 spiro atoms. The number of nitrogens with one attached hydrogen (secondary N) is 1. The molecule has 7 heteroatoms. The predicted octanol–water partition coefficient (Wildman–Crippen LogP) is 4.33. The number of rotatable bonds is 2. The average Bonchev–Trinajstić information content (AvgIpc) is 3.22. The van der Waals surface area contributed by atoms with Gasteiger partial charge in [-0.3, -0.25) is 0 Å². The van der Waals surface area contributed by atoms with Crippen LogP contribution in [0.3, 0.4) is 0 Å². The third kappa shape index (κ3) is 4.00. The Morgan fingerprint density at radius 2 is 2.23 bits per heavy atom. The first-order chi connectivity index (χ1) is 12.3. The second kappa shape index (κ2) is 7.00. The van der Waals surface area contributed by atoms with Crippen molar-refractivity contribution in [2.24, 2.45) is 0 Å². The Balaban J connectivity index is 1.74. The maximum absolute atomic E-state index is 12.2. The van der Waals surface area contributed by atoms with Crippen molar-refractivity contribution < 1.29 is 9.53 Å². The van der Waals surface area contributed by atoms with Crippen LogP contribution in [0, 0.1) is 11.3 Å². The lowest BCUT2D eigenvalue weighted by atomic mass is 10.1. The molecule has 2 heterocycles. The van der Waals surface area contributed by atoms with Crippen LogP contribution in [-0.2, 0) is 4.74 Å². The lowest BCUT2D eigenvalue weighted by molar-refractivity contribution is 0.0292. The van der Waals surface area contributed by atoms with Gasteiger partial charge >= 0.3 is 6.09 Å². The molecule has 1 atom stereocenters. The number of aromatic nitrogens is 2. The Labute approximate surface area is 157 Å². The first-order valence-corrected chi connectivity index (χ1v) is 8.87. The molecule has 2 aromatic rings. The fourth-order valence-corrected chi connectivity index (χ4v) is 3.17.